The Morgan fingerprint density at radius 2 is 1.82 bits per heavy atom. The molecule has 122 valence electrons. The minimum Gasteiger partial charge on any atom is -0.481 e. The highest BCUT2D eigenvalue weighted by atomic mass is 16.5. The van der Waals surface area contributed by atoms with Gasteiger partial charge < -0.3 is 15.2 Å². The first-order chi connectivity index (χ1) is 10.2. The quantitative estimate of drug-likeness (QED) is 0.812. The van der Waals surface area contributed by atoms with Gasteiger partial charge in [-0.1, -0.05) is 45.0 Å². The predicted octanol–water partition coefficient (Wildman–Crippen LogP) is 2.65. The van der Waals surface area contributed by atoms with Gasteiger partial charge in [0.1, 0.15) is 6.61 Å². The summed E-state index contributed by atoms with van der Waals surface area (Å²) in [4.78, 5) is 22.8. The predicted molar refractivity (Wildman–Crippen MR) is 84.8 cm³/mol. The Kier molecular flexibility index (Phi) is 6.56. The van der Waals surface area contributed by atoms with Crippen molar-refractivity contribution in [3.63, 3.8) is 0 Å². The average molecular weight is 307 g/mol. The summed E-state index contributed by atoms with van der Waals surface area (Å²) in [5.74, 6) is -1.27. The summed E-state index contributed by atoms with van der Waals surface area (Å²) in [5, 5.41) is 11.7. The molecule has 5 nitrogen and oxygen atoms in total. The number of ether oxygens (including phenoxy) is 1. The number of rotatable bonds is 7. The molecule has 0 bridgehead atoms. The largest absolute Gasteiger partial charge is 0.481 e. The van der Waals surface area contributed by atoms with Crippen LogP contribution in [0.15, 0.2) is 24.3 Å². The number of carboxylic acid groups (broad SMARTS) is 1. The van der Waals surface area contributed by atoms with Gasteiger partial charge in [-0.15, -0.1) is 0 Å². The van der Waals surface area contributed by atoms with Crippen molar-refractivity contribution >= 4 is 11.9 Å². The van der Waals surface area contributed by atoms with Crippen LogP contribution in [-0.2, 0) is 19.7 Å². The fourth-order valence-corrected chi connectivity index (χ4v) is 2.07. The van der Waals surface area contributed by atoms with E-state index in [2.05, 4.69) is 26.1 Å². The van der Waals surface area contributed by atoms with Crippen LogP contribution in [0.1, 0.15) is 51.3 Å². The molecule has 1 rings (SSSR count). The van der Waals surface area contributed by atoms with Gasteiger partial charge in [-0.05, 0) is 23.5 Å². The van der Waals surface area contributed by atoms with E-state index in [1.807, 2.05) is 24.3 Å². The second-order valence-corrected chi connectivity index (χ2v) is 6.23. The summed E-state index contributed by atoms with van der Waals surface area (Å²) in [6.45, 7) is 8.51. The lowest BCUT2D eigenvalue weighted by atomic mass is 9.86. The van der Waals surface area contributed by atoms with Crippen LogP contribution in [0.4, 0.5) is 0 Å². The maximum Gasteiger partial charge on any atom is 0.305 e. The zero-order valence-electron chi connectivity index (χ0n) is 13.7. The number of aliphatic carboxylic acids is 1. The Balaban J connectivity index is 2.87. The summed E-state index contributed by atoms with van der Waals surface area (Å²) in [6.07, 6.45) is -0.160. The third-order valence-electron chi connectivity index (χ3n) is 3.33. The van der Waals surface area contributed by atoms with Crippen LogP contribution in [0, 0.1) is 0 Å². The number of amides is 1. The zero-order chi connectivity index (χ0) is 16.8. The molecule has 0 saturated carbocycles. The Morgan fingerprint density at radius 3 is 2.27 bits per heavy atom. The van der Waals surface area contributed by atoms with E-state index in [1.54, 1.807) is 6.92 Å². The Labute approximate surface area is 131 Å². The maximum atomic E-state index is 11.8. The number of carboxylic acids is 1. The molecular weight excluding hydrogens is 282 g/mol. The second-order valence-electron chi connectivity index (χ2n) is 6.23. The molecular formula is C17H25NO4. The van der Waals surface area contributed by atoms with E-state index < -0.39 is 12.0 Å². The highest BCUT2D eigenvalue weighted by Gasteiger charge is 2.19. The second kappa shape index (κ2) is 7.94. The number of carbonyl (C=O) groups excluding carboxylic acids is 1. The highest BCUT2D eigenvalue weighted by Crippen LogP contribution is 2.25. The molecule has 0 aliphatic heterocycles. The first kappa shape index (κ1) is 18.2. The minimum atomic E-state index is -0.957. The summed E-state index contributed by atoms with van der Waals surface area (Å²) in [5.41, 5.74) is 1.96. The Morgan fingerprint density at radius 1 is 1.23 bits per heavy atom. The maximum absolute atomic E-state index is 11.8. The molecule has 0 aliphatic carbocycles. The molecule has 1 aromatic rings. The Bertz CT molecular complexity index is 502. The van der Waals surface area contributed by atoms with Gasteiger partial charge in [-0.2, -0.15) is 0 Å². The summed E-state index contributed by atoms with van der Waals surface area (Å²) < 4.78 is 5.04. The van der Waals surface area contributed by atoms with Crippen LogP contribution >= 0.6 is 0 Å². The van der Waals surface area contributed by atoms with E-state index in [0.29, 0.717) is 6.61 Å². The molecule has 5 heteroatoms. The number of carbonyl (C=O) groups is 2. The fourth-order valence-electron chi connectivity index (χ4n) is 2.07. The van der Waals surface area contributed by atoms with Crippen LogP contribution in [-0.4, -0.2) is 30.2 Å². The number of nitrogens with one attached hydrogen (secondary N) is 1. The topological polar surface area (TPSA) is 75.6 Å². The molecule has 0 aliphatic rings. The van der Waals surface area contributed by atoms with Crippen molar-refractivity contribution in [2.75, 3.05) is 13.2 Å². The summed E-state index contributed by atoms with van der Waals surface area (Å²) in [6, 6.07) is 7.13. The Hall–Kier alpha value is -1.88. The molecule has 0 saturated heterocycles. The standard InChI is InChI=1S/C17H25NO4/c1-5-22-11-15(19)18-14(10-16(20)21)12-6-8-13(9-7-12)17(2,3)4/h6-9,14H,5,10-11H2,1-4H3,(H,18,19)(H,20,21)/t14-/m1/s1. The van der Waals surface area contributed by atoms with Crippen LogP contribution in [0.5, 0.6) is 0 Å². The van der Waals surface area contributed by atoms with Crippen molar-refractivity contribution in [2.24, 2.45) is 0 Å². The van der Waals surface area contributed by atoms with Crippen LogP contribution in [0.3, 0.4) is 0 Å². The van der Waals surface area contributed by atoms with E-state index in [0.717, 1.165) is 11.1 Å². The fraction of sp³-hybridized carbons (Fsp3) is 0.529. The number of hydrogen-bond donors (Lipinski definition) is 2. The summed E-state index contributed by atoms with van der Waals surface area (Å²) >= 11 is 0. The van der Waals surface area contributed by atoms with Gasteiger partial charge in [-0.25, -0.2) is 0 Å². The third-order valence-corrected chi connectivity index (χ3v) is 3.33. The first-order valence-electron chi connectivity index (χ1n) is 7.43. The molecule has 22 heavy (non-hydrogen) atoms. The van der Waals surface area contributed by atoms with E-state index in [-0.39, 0.29) is 24.3 Å². The van der Waals surface area contributed by atoms with Crippen LogP contribution < -0.4 is 5.32 Å². The molecule has 0 spiro atoms. The van der Waals surface area contributed by atoms with Gasteiger partial charge in [0.15, 0.2) is 0 Å². The molecule has 2 N–H and O–H groups in total. The van der Waals surface area contributed by atoms with E-state index in [4.69, 9.17) is 9.84 Å². The molecule has 1 aromatic carbocycles. The minimum absolute atomic E-state index is 0.0268. The lowest BCUT2D eigenvalue weighted by molar-refractivity contribution is -0.138. The summed E-state index contributed by atoms with van der Waals surface area (Å²) in [7, 11) is 0. The van der Waals surface area contributed by atoms with Gasteiger partial charge in [0, 0.05) is 6.61 Å². The number of hydrogen-bond acceptors (Lipinski definition) is 3. The molecule has 0 heterocycles. The number of benzene rings is 1. The van der Waals surface area contributed by atoms with Crippen molar-refractivity contribution in [1.29, 1.82) is 0 Å². The molecule has 1 amide bonds. The van der Waals surface area contributed by atoms with Crippen molar-refractivity contribution in [3.05, 3.63) is 35.4 Å². The van der Waals surface area contributed by atoms with Gasteiger partial charge in [-0.3, -0.25) is 9.59 Å². The van der Waals surface area contributed by atoms with E-state index >= 15 is 0 Å². The van der Waals surface area contributed by atoms with Crippen molar-refractivity contribution in [1.82, 2.24) is 5.32 Å². The zero-order valence-corrected chi connectivity index (χ0v) is 13.7. The lowest BCUT2D eigenvalue weighted by Gasteiger charge is -2.21. The van der Waals surface area contributed by atoms with Gasteiger partial charge >= 0.3 is 5.97 Å². The highest BCUT2D eigenvalue weighted by molar-refractivity contribution is 5.78. The molecule has 0 radical (unpaired) electrons. The smallest absolute Gasteiger partial charge is 0.305 e. The molecule has 0 aromatic heterocycles. The van der Waals surface area contributed by atoms with Crippen molar-refractivity contribution in [3.8, 4) is 0 Å². The third kappa shape index (κ3) is 5.85. The lowest BCUT2D eigenvalue weighted by Crippen LogP contribution is -2.33. The molecule has 0 unspecified atom stereocenters. The van der Waals surface area contributed by atoms with Crippen LogP contribution in [0.2, 0.25) is 0 Å². The van der Waals surface area contributed by atoms with Gasteiger partial charge in [0.05, 0.1) is 12.5 Å². The monoisotopic (exact) mass is 307 g/mol. The average Bonchev–Trinajstić information content (AvgIpc) is 2.43. The van der Waals surface area contributed by atoms with Crippen LogP contribution in [0.25, 0.3) is 0 Å². The van der Waals surface area contributed by atoms with Crippen molar-refractivity contribution in [2.45, 2.75) is 45.6 Å². The van der Waals surface area contributed by atoms with Gasteiger partial charge in [0.25, 0.3) is 0 Å². The first-order valence-corrected chi connectivity index (χ1v) is 7.43. The van der Waals surface area contributed by atoms with Gasteiger partial charge in [0.2, 0.25) is 5.91 Å². The van der Waals surface area contributed by atoms with Crippen molar-refractivity contribution < 1.29 is 19.4 Å². The SMILES string of the molecule is CCOCC(=O)N[C@H](CC(=O)O)c1ccc(C(C)(C)C)cc1. The molecule has 1 atom stereocenters. The normalized spacial score (nSPS) is 12.7. The van der Waals surface area contributed by atoms with E-state index in [9.17, 15) is 9.59 Å². The van der Waals surface area contributed by atoms with E-state index in [1.165, 1.54) is 0 Å². The molecule has 0 fully saturated rings.